The third-order valence-corrected chi connectivity index (χ3v) is 4.05. The summed E-state index contributed by atoms with van der Waals surface area (Å²) >= 11 is 0. The Kier molecular flexibility index (Phi) is 5.68. The van der Waals surface area contributed by atoms with Gasteiger partial charge < -0.3 is 15.8 Å². The first-order chi connectivity index (χ1) is 9.77. The summed E-state index contributed by atoms with van der Waals surface area (Å²) in [5, 5.41) is 2.46. The Morgan fingerprint density at radius 3 is 2.48 bits per heavy atom. The van der Waals surface area contributed by atoms with E-state index in [1.165, 1.54) is 32.2 Å². The summed E-state index contributed by atoms with van der Waals surface area (Å²) in [6, 6.07) is 3.76. The van der Waals surface area contributed by atoms with Gasteiger partial charge in [0.15, 0.2) is 0 Å². The molecule has 1 aromatic rings. The number of ether oxygens (including phenoxy) is 1. The van der Waals surface area contributed by atoms with E-state index >= 15 is 0 Å². The fourth-order valence-electron chi connectivity index (χ4n) is 1.54. The van der Waals surface area contributed by atoms with Gasteiger partial charge >= 0.3 is 5.97 Å². The molecule has 8 nitrogen and oxygen atoms in total. The lowest BCUT2D eigenvalue weighted by atomic mass is 10.2. The van der Waals surface area contributed by atoms with Crippen LogP contribution in [0, 0.1) is 0 Å². The molecule has 0 heterocycles. The molecule has 1 aromatic carbocycles. The Hall–Kier alpha value is -2.13. The normalized spacial score (nSPS) is 11.0. The molecule has 4 N–H and O–H groups in total. The average molecular weight is 315 g/mol. The topological polar surface area (TPSA) is 128 Å². The van der Waals surface area contributed by atoms with E-state index in [-0.39, 0.29) is 35.1 Å². The van der Waals surface area contributed by atoms with Gasteiger partial charge in [-0.3, -0.25) is 4.79 Å². The van der Waals surface area contributed by atoms with Gasteiger partial charge in [0.25, 0.3) is 0 Å². The molecule has 0 radical (unpaired) electrons. The summed E-state index contributed by atoms with van der Waals surface area (Å²) < 4.78 is 30.9. The molecule has 0 spiro atoms. The second-order valence-electron chi connectivity index (χ2n) is 4.12. The molecule has 0 aliphatic heterocycles. The average Bonchev–Trinajstić information content (AvgIpc) is 2.42. The first-order valence-corrected chi connectivity index (χ1v) is 7.48. The fraction of sp³-hybridized carbons (Fsp3) is 0.333. The summed E-state index contributed by atoms with van der Waals surface area (Å²) in [6.45, 7) is 1.52. The van der Waals surface area contributed by atoms with Crippen LogP contribution in [-0.2, 0) is 19.6 Å². The summed E-state index contributed by atoms with van der Waals surface area (Å²) in [5.41, 5.74) is 5.75. The van der Waals surface area contributed by atoms with E-state index < -0.39 is 16.0 Å². The van der Waals surface area contributed by atoms with Gasteiger partial charge in [-0.05, 0) is 18.2 Å². The minimum absolute atomic E-state index is 0.0279. The number of rotatable bonds is 6. The van der Waals surface area contributed by atoms with Gasteiger partial charge in [0.1, 0.15) is 4.90 Å². The third-order valence-electron chi connectivity index (χ3n) is 2.51. The summed E-state index contributed by atoms with van der Waals surface area (Å²) in [6.07, 6.45) is 0. The Morgan fingerprint density at radius 2 is 1.95 bits per heavy atom. The Bertz CT molecular complexity index is 642. The van der Waals surface area contributed by atoms with Gasteiger partial charge in [-0.2, -0.15) is 0 Å². The number of anilines is 1. The number of hydrogen-bond donors (Lipinski definition) is 3. The highest BCUT2D eigenvalue weighted by Gasteiger charge is 2.18. The maximum Gasteiger partial charge on any atom is 0.337 e. The number of nitrogen functional groups attached to an aromatic ring is 1. The molecule has 0 bridgehead atoms. The number of carbonyl (C=O) groups is 2. The van der Waals surface area contributed by atoms with Crippen LogP contribution in [0.25, 0.3) is 0 Å². The smallest absolute Gasteiger partial charge is 0.337 e. The number of sulfonamides is 1. The van der Waals surface area contributed by atoms with Crippen LogP contribution in [0.4, 0.5) is 5.69 Å². The van der Waals surface area contributed by atoms with Crippen LogP contribution in [0.2, 0.25) is 0 Å². The monoisotopic (exact) mass is 315 g/mol. The third kappa shape index (κ3) is 4.72. The zero-order valence-corrected chi connectivity index (χ0v) is 12.5. The first kappa shape index (κ1) is 16.9. The highest BCUT2D eigenvalue weighted by molar-refractivity contribution is 7.89. The Balaban J connectivity index is 2.84. The maximum absolute atomic E-state index is 12.0. The second-order valence-corrected chi connectivity index (χ2v) is 5.86. The molecule has 0 saturated heterocycles. The molecule has 1 amide bonds. The van der Waals surface area contributed by atoms with Crippen molar-refractivity contribution in [1.82, 2.24) is 10.0 Å². The van der Waals surface area contributed by atoms with Crippen molar-refractivity contribution in [2.75, 3.05) is 25.9 Å². The molecular formula is C12H17N3O5S. The summed E-state index contributed by atoms with van der Waals surface area (Å²) in [7, 11) is -2.60. The molecule has 0 unspecified atom stereocenters. The van der Waals surface area contributed by atoms with E-state index in [4.69, 9.17) is 5.73 Å². The summed E-state index contributed by atoms with van der Waals surface area (Å²) in [4.78, 5) is 21.8. The number of methoxy groups -OCH3 is 1. The minimum atomic E-state index is -3.82. The van der Waals surface area contributed by atoms with E-state index in [0.717, 1.165) is 0 Å². The molecule has 21 heavy (non-hydrogen) atoms. The van der Waals surface area contributed by atoms with Crippen molar-refractivity contribution in [2.45, 2.75) is 11.8 Å². The molecule has 0 fully saturated rings. The zero-order valence-electron chi connectivity index (χ0n) is 11.7. The predicted octanol–water partition coefficient (Wildman–Crippen LogP) is -0.530. The van der Waals surface area contributed by atoms with Crippen LogP contribution < -0.4 is 15.8 Å². The zero-order chi connectivity index (χ0) is 16.0. The molecule has 0 aliphatic rings. The first-order valence-electron chi connectivity index (χ1n) is 6.00. The molecule has 0 aromatic heterocycles. The van der Waals surface area contributed by atoms with Gasteiger partial charge in [0.05, 0.1) is 18.4 Å². The number of carbonyl (C=O) groups excluding carboxylic acids is 2. The van der Waals surface area contributed by atoms with E-state index in [0.29, 0.717) is 0 Å². The van der Waals surface area contributed by atoms with Crippen molar-refractivity contribution in [3.63, 3.8) is 0 Å². The lowest BCUT2D eigenvalue weighted by Gasteiger charge is -2.10. The van der Waals surface area contributed by atoms with Crippen molar-refractivity contribution in [2.24, 2.45) is 0 Å². The van der Waals surface area contributed by atoms with E-state index in [1.54, 1.807) is 0 Å². The number of benzene rings is 1. The molecule has 1 rings (SSSR count). The number of amides is 1. The van der Waals surface area contributed by atoms with E-state index in [1.807, 2.05) is 0 Å². The van der Waals surface area contributed by atoms with Crippen molar-refractivity contribution >= 4 is 27.6 Å². The molecule has 0 aliphatic carbocycles. The molecule has 0 atom stereocenters. The predicted molar refractivity (Wildman–Crippen MR) is 76.1 cm³/mol. The van der Waals surface area contributed by atoms with Gasteiger partial charge in [-0.15, -0.1) is 0 Å². The number of nitrogens with one attached hydrogen (secondary N) is 2. The van der Waals surface area contributed by atoms with Crippen molar-refractivity contribution < 1.29 is 22.7 Å². The summed E-state index contributed by atoms with van der Waals surface area (Å²) in [5.74, 6) is -0.861. The van der Waals surface area contributed by atoms with Gasteiger partial charge in [0, 0.05) is 20.0 Å². The quantitative estimate of drug-likeness (QED) is 0.368. The Labute approximate surface area is 122 Å². The van der Waals surface area contributed by atoms with Crippen molar-refractivity contribution in [3.8, 4) is 0 Å². The van der Waals surface area contributed by atoms with E-state index in [2.05, 4.69) is 14.8 Å². The van der Waals surface area contributed by atoms with Crippen LogP contribution in [0.15, 0.2) is 23.1 Å². The SMILES string of the molecule is COC(=O)c1ccc(S(=O)(=O)NCCNC(C)=O)c(N)c1. The van der Waals surface area contributed by atoms with Crippen molar-refractivity contribution in [1.29, 1.82) is 0 Å². The molecular weight excluding hydrogens is 298 g/mol. The number of nitrogens with two attached hydrogens (primary N) is 1. The van der Waals surface area contributed by atoms with E-state index in [9.17, 15) is 18.0 Å². The van der Waals surface area contributed by atoms with Gasteiger partial charge in [-0.25, -0.2) is 17.9 Å². The lowest BCUT2D eigenvalue weighted by molar-refractivity contribution is -0.118. The number of esters is 1. The van der Waals surface area contributed by atoms with Crippen LogP contribution in [0.1, 0.15) is 17.3 Å². The number of hydrogen-bond acceptors (Lipinski definition) is 6. The van der Waals surface area contributed by atoms with Crippen LogP contribution in [-0.4, -0.2) is 40.5 Å². The second kappa shape index (κ2) is 7.04. The molecule has 9 heteroatoms. The van der Waals surface area contributed by atoms with Crippen molar-refractivity contribution in [3.05, 3.63) is 23.8 Å². The lowest BCUT2D eigenvalue weighted by Crippen LogP contribution is -2.34. The van der Waals surface area contributed by atoms with Crippen LogP contribution in [0.3, 0.4) is 0 Å². The highest BCUT2D eigenvalue weighted by Crippen LogP contribution is 2.19. The van der Waals surface area contributed by atoms with Crippen LogP contribution >= 0.6 is 0 Å². The maximum atomic E-state index is 12.0. The highest BCUT2D eigenvalue weighted by atomic mass is 32.2. The molecule has 116 valence electrons. The fourth-order valence-corrected chi connectivity index (χ4v) is 2.68. The van der Waals surface area contributed by atoms with Crippen LogP contribution in [0.5, 0.6) is 0 Å². The largest absolute Gasteiger partial charge is 0.465 e. The minimum Gasteiger partial charge on any atom is -0.465 e. The van der Waals surface area contributed by atoms with Gasteiger partial charge in [0.2, 0.25) is 15.9 Å². The standard InChI is InChI=1S/C12H17N3O5S/c1-8(16)14-5-6-15-21(18,19)11-4-3-9(7-10(11)13)12(17)20-2/h3-4,7,15H,5-6,13H2,1-2H3,(H,14,16). The Morgan fingerprint density at radius 1 is 1.29 bits per heavy atom. The van der Waals surface area contributed by atoms with Gasteiger partial charge in [-0.1, -0.05) is 0 Å². The molecule has 0 saturated carbocycles.